The molecule has 2 amide bonds. The summed E-state index contributed by atoms with van der Waals surface area (Å²) in [5.74, 6) is -8.66. The molecule has 0 saturated carbocycles. The summed E-state index contributed by atoms with van der Waals surface area (Å²) in [6, 6.07) is 7.04. The summed E-state index contributed by atoms with van der Waals surface area (Å²) in [5.41, 5.74) is 6.54. The van der Waals surface area contributed by atoms with Crippen molar-refractivity contribution in [2.75, 3.05) is 19.8 Å². The van der Waals surface area contributed by atoms with Crippen LogP contribution in [0.1, 0.15) is 73.8 Å². The molecule has 2 N–H and O–H groups in total. The number of amides is 2. The Morgan fingerprint density at radius 1 is 0.524 bits per heavy atom. The molecule has 2 aliphatic heterocycles. The van der Waals surface area contributed by atoms with Gasteiger partial charge in [0.1, 0.15) is 43.7 Å². The van der Waals surface area contributed by atoms with Gasteiger partial charge in [0, 0.05) is 68.4 Å². The molecule has 2 saturated heterocycles. The second-order valence-electron chi connectivity index (χ2n) is 14.7. The van der Waals surface area contributed by atoms with Crippen LogP contribution in [0, 0.1) is 0 Å². The number of carbonyl (C=O) groups is 10. The van der Waals surface area contributed by atoms with Crippen LogP contribution in [0.4, 0.5) is 0 Å². The molecular weight excluding hydrogens is 840 g/mol. The van der Waals surface area contributed by atoms with Crippen LogP contribution in [0.2, 0.25) is 0 Å². The molecule has 2 heterocycles. The molecule has 22 nitrogen and oxygen atoms in total. The lowest BCUT2D eigenvalue weighted by Crippen LogP contribution is -2.63. The fourth-order valence-electron chi connectivity index (χ4n) is 7.24. The Bertz CT molecular complexity index is 1840. The van der Waals surface area contributed by atoms with E-state index in [1.807, 2.05) is 0 Å². The molecule has 0 bridgehead atoms. The molecule has 2 fully saturated rings. The highest BCUT2D eigenvalue weighted by Crippen LogP contribution is 2.34. The van der Waals surface area contributed by atoms with Crippen molar-refractivity contribution in [2.45, 2.75) is 142 Å². The summed E-state index contributed by atoms with van der Waals surface area (Å²) < 4.78 is 55.8. The van der Waals surface area contributed by atoms with E-state index < -0.39 is 153 Å². The van der Waals surface area contributed by atoms with Crippen LogP contribution in [-0.4, -0.2) is 151 Å². The molecular formula is C41H54N2O20. The van der Waals surface area contributed by atoms with Crippen LogP contribution < -0.4 is 5.73 Å². The number of nitrogens with zero attached hydrogens (tertiary/aromatic N) is 1. The van der Waals surface area contributed by atoms with Crippen molar-refractivity contribution in [3.63, 3.8) is 0 Å². The monoisotopic (exact) mass is 894 g/mol. The highest BCUT2D eigenvalue weighted by atomic mass is 16.7. The Balaban J connectivity index is 2.17. The lowest BCUT2D eigenvalue weighted by molar-refractivity contribution is -0.254. The number of benzene rings is 1. The van der Waals surface area contributed by atoms with E-state index >= 15 is 0 Å². The summed E-state index contributed by atoms with van der Waals surface area (Å²) in [6.07, 6.45) is -16.0. The third-order valence-electron chi connectivity index (χ3n) is 9.50. The number of primary amides is 1. The third kappa shape index (κ3) is 15.9. The quantitative estimate of drug-likeness (QED) is 0.141. The lowest BCUT2D eigenvalue weighted by atomic mass is 9.91. The molecule has 1 aromatic rings. The second-order valence-corrected chi connectivity index (χ2v) is 14.7. The van der Waals surface area contributed by atoms with Gasteiger partial charge < -0.3 is 58.0 Å². The predicted octanol–water partition coefficient (Wildman–Crippen LogP) is -0.0570. The van der Waals surface area contributed by atoms with Gasteiger partial charge in [0.05, 0.1) is 6.42 Å². The van der Waals surface area contributed by atoms with E-state index in [2.05, 4.69) is 0 Å². The standard InChI is InChI=1S/C41H54N2O20/c1-20(44)54-18-32-37(58-24(5)48)39(60-26(7)50)35(56-22(3)46)30(62-32)14-15-43(29(41(42)53)16-28-12-10-9-11-13-28)34(52)17-31-36(57-23(4)47)40(61-27(8)51)38(59-25(6)49)33(63-31)19-55-21(2)45/h9-13,29-33,35-40H,14-19H2,1-8H3,(H2,42,53)/t29-,30+,31+,32-,33+,35+,36-,37+,38-,39-,40+/m0/s1. The average Bonchev–Trinajstić information content (AvgIpc) is 3.16. The molecule has 348 valence electrons. The summed E-state index contributed by atoms with van der Waals surface area (Å²) >= 11 is 0. The van der Waals surface area contributed by atoms with Gasteiger partial charge in [0.15, 0.2) is 36.6 Å². The zero-order valence-corrected chi connectivity index (χ0v) is 36.2. The first kappa shape index (κ1) is 51.2. The number of hydrogen-bond acceptors (Lipinski definition) is 20. The third-order valence-corrected chi connectivity index (χ3v) is 9.50. The number of carbonyl (C=O) groups excluding carboxylic acids is 10. The zero-order chi connectivity index (χ0) is 47.1. The van der Waals surface area contributed by atoms with Gasteiger partial charge in [-0.05, 0) is 12.0 Å². The molecule has 22 heteroatoms. The zero-order valence-electron chi connectivity index (χ0n) is 36.2. The molecule has 1 aromatic carbocycles. The Hall–Kier alpha value is -6.16. The van der Waals surface area contributed by atoms with Gasteiger partial charge in [-0.2, -0.15) is 0 Å². The van der Waals surface area contributed by atoms with Gasteiger partial charge in [-0.3, -0.25) is 47.9 Å². The van der Waals surface area contributed by atoms with Gasteiger partial charge in [-0.25, -0.2) is 0 Å². The van der Waals surface area contributed by atoms with Crippen molar-refractivity contribution in [2.24, 2.45) is 5.73 Å². The minimum absolute atomic E-state index is 0.140. The number of nitrogens with two attached hydrogens (primary N) is 1. The first-order chi connectivity index (χ1) is 29.6. The van der Waals surface area contributed by atoms with E-state index in [1.165, 1.54) is 0 Å². The lowest BCUT2D eigenvalue weighted by Gasteiger charge is -2.45. The van der Waals surface area contributed by atoms with Crippen molar-refractivity contribution < 1.29 is 95.3 Å². The number of esters is 8. The van der Waals surface area contributed by atoms with Gasteiger partial charge in [0.25, 0.3) is 0 Å². The first-order valence-corrected chi connectivity index (χ1v) is 19.8. The topological polar surface area (TPSA) is 292 Å². The molecule has 0 spiro atoms. The van der Waals surface area contributed by atoms with Crippen LogP contribution in [0.5, 0.6) is 0 Å². The number of rotatable bonds is 19. The van der Waals surface area contributed by atoms with E-state index in [0.29, 0.717) is 5.56 Å². The summed E-state index contributed by atoms with van der Waals surface area (Å²) in [5, 5.41) is 0. The molecule has 0 aromatic heterocycles. The molecule has 63 heavy (non-hydrogen) atoms. The highest BCUT2D eigenvalue weighted by molar-refractivity contribution is 5.87. The molecule has 11 atom stereocenters. The van der Waals surface area contributed by atoms with Crippen LogP contribution in [-0.2, 0) is 102 Å². The van der Waals surface area contributed by atoms with Crippen LogP contribution in [0.25, 0.3) is 0 Å². The van der Waals surface area contributed by atoms with Crippen molar-refractivity contribution in [3.05, 3.63) is 35.9 Å². The van der Waals surface area contributed by atoms with Crippen LogP contribution in [0.15, 0.2) is 30.3 Å². The largest absolute Gasteiger partial charge is 0.463 e. The maximum absolute atomic E-state index is 14.8. The first-order valence-electron chi connectivity index (χ1n) is 19.8. The normalized spacial score (nSPS) is 25.7. The van der Waals surface area contributed by atoms with Crippen LogP contribution >= 0.6 is 0 Å². The van der Waals surface area contributed by atoms with Crippen molar-refractivity contribution >= 4 is 59.6 Å². The fourth-order valence-corrected chi connectivity index (χ4v) is 7.24. The molecule has 0 unspecified atom stereocenters. The maximum Gasteiger partial charge on any atom is 0.303 e. The minimum atomic E-state index is -1.63. The Kier molecular flexibility index (Phi) is 19.4. The Labute approximate surface area is 362 Å². The van der Waals surface area contributed by atoms with E-state index in [0.717, 1.165) is 60.3 Å². The number of ether oxygens (including phenoxy) is 10. The number of hydrogen-bond donors (Lipinski definition) is 1. The van der Waals surface area contributed by atoms with Gasteiger partial charge in [0.2, 0.25) is 11.8 Å². The fraction of sp³-hybridized carbons (Fsp3) is 0.610. The van der Waals surface area contributed by atoms with Crippen molar-refractivity contribution in [1.29, 1.82) is 0 Å². The van der Waals surface area contributed by atoms with Gasteiger partial charge >= 0.3 is 47.8 Å². The van der Waals surface area contributed by atoms with Crippen molar-refractivity contribution in [3.8, 4) is 0 Å². The Morgan fingerprint density at radius 3 is 1.27 bits per heavy atom. The van der Waals surface area contributed by atoms with Gasteiger partial charge in [-0.15, -0.1) is 0 Å². The van der Waals surface area contributed by atoms with E-state index in [-0.39, 0.29) is 12.8 Å². The highest BCUT2D eigenvalue weighted by Gasteiger charge is 2.54. The second kappa shape index (κ2) is 23.9. The van der Waals surface area contributed by atoms with E-state index in [4.69, 9.17) is 53.1 Å². The Morgan fingerprint density at radius 2 is 0.889 bits per heavy atom. The SMILES string of the molecule is CC(=O)OC[C@@H]1O[C@H](CCN(C(=O)C[C@H]2O[C@H](COC(C)=O)[C@H](OC(C)=O)[C@H](OC(C)=O)[C@H]2OC(C)=O)[C@@H](Cc2ccccc2)C(N)=O)[C@@H](OC(C)=O)[C@H](OC(C)=O)[C@@H]1OC(C)=O. The van der Waals surface area contributed by atoms with E-state index in [9.17, 15) is 47.9 Å². The van der Waals surface area contributed by atoms with Crippen molar-refractivity contribution in [1.82, 2.24) is 4.90 Å². The molecule has 2 aliphatic rings. The van der Waals surface area contributed by atoms with E-state index in [1.54, 1.807) is 30.3 Å². The summed E-state index contributed by atoms with van der Waals surface area (Å²) in [7, 11) is 0. The predicted molar refractivity (Wildman–Crippen MR) is 208 cm³/mol. The molecule has 0 aliphatic carbocycles. The summed E-state index contributed by atoms with van der Waals surface area (Å²) in [6.45, 7) is 6.94. The molecule has 3 rings (SSSR count). The average molecular weight is 895 g/mol. The minimum Gasteiger partial charge on any atom is -0.463 e. The summed E-state index contributed by atoms with van der Waals surface area (Å²) in [4.78, 5) is 127. The smallest absolute Gasteiger partial charge is 0.303 e. The molecule has 0 radical (unpaired) electrons. The van der Waals surface area contributed by atoms with Crippen LogP contribution in [0.3, 0.4) is 0 Å². The van der Waals surface area contributed by atoms with Gasteiger partial charge in [-0.1, -0.05) is 30.3 Å². The maximum atomic E-state index is 14.8.